The van der Waals surface area contributed by atoms with Crippen LogP contribution in [0.4, 0.5) is 0 Å². The summed E-state index contributed by atoms with van der Waals surface area (Å²) in [5, 5.41) is 18.4. The molecule has 1 heterocycles. The van der Waals surface area contributed by atoms with Crippen LogP contribution in [0.1, 0.15) is 20.3 Å². The van der Waals surface area contributed by atoms with Crippen molar-refractivity contribution in [1.82, 2.24) is 0 Å². The first kappa shape index (κ1) is 7.98. The van der Waals surface area contributed by atoms with Gasteiger partial charge < -0.3 is 14.9 Å². The summed E-state index contributed by atoms with van der Waals surface area (Å²) in [7, 11) is 0. The molecule has 0 radical (unpaired) electrons. The highest BCUT2D eigenvalue weighted by Crippen LogP contribution is 2.23. The molecule has 0 aromatic rings. The van der Waals surface area contributed by atoms with Gasteiger partial charge in [0, 0.05) is 6.42 Å². The summed E-state index contributed by atoms with van der Waals surface area (Å²) in [6.07, 6.45) is -0.818. The van der Waals surface area contributed by atoms with E-state index < -0.39 is 12.4 Å². The molecule has 0 aliphatic carbocycles. The second-order valence-corrected chi connectivity index (χ2v) is 3.00. The summed E-state index contributed by atoms with van der Waals surface area (Å²) in [6, 6.07) is 0. The van der Waals surface area contributed by atoms with E-state index in [0.717, 1.165) is 0 Å². The lowest BCUT2D eigenvalue weighted by molar-refractivity contribution is -0.209. The number of aliphatic hydroxyl groups excluding tert-OH is 2. The molecule has 0 saturated carbocycles. The molecule has 1 rings (SSSR count). The molecule has 1 saturated heterocycles. The summed E-state index contributed by atoms with van der Waals surface area (Å²) in [4.78, 5) is 0. The Bertz CT molecular complexity index is 103. The van der Waals surface area contributed by atoms with Crippen LogP contribution in [0.2, 0.25) is 0 Å². The summed E-state index contributed by atoms with van der Waals surface area (Å²) in [5.74, 6) is 0.138. The van der Waals surface area contributed by atoms with Crippen molar-refractivity contribution in [1.29, 1.82) is 0 Å². The van der Waals surface area contributed by atoms with E-state index in [9.17, 15) is 5.11 Å². The Labute approximate surface area is 60.6 Å². The molecule has 0 spiro atoms. The van der Waals surface area contributed by atoms with Gasteiger partial charge in [0.15, 0.2) is 6.29 Å². The smallest absolute Gasteiger partial charge is 0.155 e. The van der Waals surface area contributed by atoms with E-state index >= 15 is 0 Å². The molecular formula is C7H14O3. The quantitative estimate of drug-likeness (QED) is 0.510. The fourth-order valence-corrected chi connectivity index (χ4v) is 1.30. The van der Waals surface area contributed by atoms with Gasteiger partial charge in [-0.1, -0.05) is 6.92 Å². The Balaban J connectivity index is 2.49. The zero-order valence-electron chi connectivity index (χ0n) is 6.32. The normalized spacial score (nSPS) is 49.2. The molecular weight excluding hydrogens is 132 g/mol. The third-order valence-corrected chi connectivity index (χ3v) is 2.01. The Morgan fingerprint density at radius 3 is 2.40 bits per heavy atom. The minimum Gasteiger partial charge on any atom is -0.390 e. The number of rotatable bonds is 0. The molecule has 2 N–H and O–H groups in total. The highest BCUT2D eigenvalue weighted by molar-refractivity contribution is 4.76. The van der Waals surface area contributed by atoms with Crippen molar-refractivity contribution in [2.75, 3.05) is 0 Å². The van der Waals surface area contributed by atoms with Crippen molar-refractivity contribution in [3.05, 3.63) is 0 Å². The van der Waals surface area contributed by atoms with E-state index in [2.05, 4.69) is 0 Å². The topological polar surface area (TPSA) is 49.7 Å². The maximum Gasteiger partial charge on any atom is 0.155 e. The van der Waals surface area contributed by atoms with Crippen molar-refractivity contribution in [3.63, 3.8) is 0 Å². The summed E-state index contributed by atoms with van der Waals surface area (Å²) < 4.78 is 4.97. The number of ether oxygens (including phenoxy) is 1. The molecule has 1 fully saturated rings. The maximum atomic E-state index is 9.33. The van der Waals surface area contributed by atoms with Crippen molar-refractivity contribution in [3.8, 4) is 0 Å². The van der Waals surface area contributed by atoms with Crippen LogP contribution in [0.3, 0.4) is 0 Å². The van der Waals surface area contributed by atoms with Gasteiger partial charge in [-0.3, -0.25) is 0 Å². The van der Waals surface area contributed by atoms with Gasteiger partial charge in [0.25, 0.3) is 0 Å². The van der Waals surface area contributed by atoms with Crippen LogP contribution in [0.5, 0.6) is 0 Å². The van der Waals surface area contributed by atoms with Gasteiger partial charge >= 0.3 is 0 Å². The fourth-order valence-electron chi connectivity index (χ4n) is 1.30. The second-order valence-electron chi connectivity index (χ2n) is 3.00. The fraction of sp³-hybridized carbons (Fsp3) is 1.00. The number of hydrogen-bond donors (Lipinski definition) is 2. The van der Waals surface area contributed by atoms with E-state index in [4.69, 9.17) is 9.84 Å². The molecule has 3 nitrogen and oxygen atoms in total. The number of aliphatic hydroxyl groups is 2. The van der Waals surface area contributed by atoms with Crippen molar-refractivity contribution in [2.24, 2.45) is 5.92 Å². The highest BCUT2D eigenvalue weighted by Gasteiger charge is 2.30. The first-order chi connectivity index (χ1) is 4.61. The molecule has 0 bridgehead atoms. The van der Waals surface area contributed by atoms with Gasteiger partial charge in [-0.15, -0.1) is 0 Å². The minimum absolute atomic E-state index is 0.138. The zero-order valence-corrected chi connectivity index (χ0v) is 6.32. The average Bonchev–Trinajstić information content (AvgIpc) is 1.82. The monoisotopic (exact) mass is 146 g/mol. The van der Waals surface area contributed by atoms with E-state index in [1.807, 2.05) is 6.92 Å². The molecule has 60 valence electrons. The summed E-state index contributed by atoms with van der Waals surface area (Å²) >= 11 is 0. The van der Waals surface area contributed by atoms with Crippen LogP contribution in [0.25, 0.3) is 0 Å². The van der Waals surface area contributed by atoms with E-state index in [1.165, 1.54) is 0 Å². The van der Waals surface area contributed by atoms with Gasteiger partial charge in [-0.05, 0) is 12.8 Å². The maximum absolute atomic E-state index is 9.33. The molecule has 2 unspecified atom stereocenters. The standard InChI is InChI=1S/C7H14O3/c1-4-3-6(8)10-5(2)7(4)9/h4-9H,3H2,1-2H3/t4-,5-,6?,7?/m0/s1. The minimum atomic E-state index is -0.687. The van der Waals surface area contributed by atoms with Gasteiger partial charge in [0.2, 0.25) is 0 Å². The Morgan fingerprint density at radius 2 is 1.90 bits per heavy atom. The molecule has 1 aliphatic rings. The van der Waals surface area contributed by atoms with Gasteiger partial charge in [0.05, 0.1) is 12.2 Å². The van der Waals surface area contributed by atoms with Crippen LogP contribution in [-0.4, -0.2) is 28.7 Å². The largest absolute Gasteiger partial charge is 0.390 e. The predicted molar refractivity (Wildman–Crippen MR) is 36.3 cm³/mol. The first-order valence-electron chi connectivity index (χ1n) is 3.63. The predicted octanol–water partition coefficient (Wildman–Crippen LogP) is 0.111. The van der Waals surface area contributed by atoms with E-state index in [1.54, 1.807) is 6.92 Å². The summed E-state index contributed by atoms with van der Waals surface area (Å²) in [6.45, 7) is 3.68. The third-order valence-electron chi connectivity index (χ3n) is 2.01. The Hall–Kier alpha value is -0.120. The van der Waals surface area contributed by atoms with Gasteiger partial charge in [-0.25, -0.2) is 0 Å². The summed E-state index contributed by atoms with van der Waals surface area (Å²) in [5.41, 5.74) is 0. The van der Waals surface area contributed by atoms with Crippen LogP contribution in [0, 0.1) is 5.92 Å². The molecule has 1 aliphatic heterocycles. The van der Waals surface area contributed by atoms with Crippen molar-refractivity contribution >= 4 is 0 Å². The van der Waals surface area contributed by atoms with Crippen molar-refractivity contribution in [2.45, 2.75) is 38.8 Å². The zero-order chi connectivity index (χ0) is 7.72. The van der Waals surface area contributed by atoms with Crippen LogP contribution >= 0.6 is 0 Å². The molecule has 0 aromatic carbocycles. The van der Waals surface area contributed by atoms with Crippen LogP contribution in [0.15, 0.2) is 0 Å². The molecule has 0 aromatic heterocycles. The van der Waals surface area contributed by atoms with E-state index in [0.29, 0.717) is 6.42 Å². The van der Waals surface area contributed by atoms with Crippen LogP contribution < -0.4 is 0 Å². The van der Waals surface area contributed by atoms with Crippen molar-refractivity contribution < 1.29 is 14.9 Å². The molecule has 0 amide bonds. The Kier molecular flexibility index (Phi) is 2.28. The first-order valence-corrected chi connectivity index (χ1v) is 3.63. The Morgan fingerprint density at radius 1 is 1.30 bits per heavy atom. The molecule has 4 atom stereocenters. The lowest BCUT2D eigenvalue weighted by atomic mass is 9.94. The second kappa shape index (κ2) is 2.86. The number of hydrogen-bond acceptors (Lipinski definition) is 3. The van der Waals surface area contributed by atoms with Crippen LogP contribution in [-0.2, 0) is 4.74 Å². The van der Waals surface area contributed by atoms with Gasteiger partial charge in [-0.2, -0.15) is 0 Å². The van der Waals surface area contributed by atoms with Gasteiger partial charge in [0.1, 0.15) is 0 Å². The SMILES string of the molecule is C[C@@H]1OC(O)C[C@H](C)C1O. The van der Waals surface area contributed by atoms with E-state index in [-0.39, 0.29) is 12.0 Å². The third kappa shape index (κ3) is 1.48. The average molecular weight is 146 g/mol. The molecule has 3 heteroatoms. The lowest BCUT2D eigenvalue weighted by Gasteiger charge is -2.33. The highest BCUT2D eigenvalue weighted by atomic mass is 16.6. The lowest BCUT2D eigenvalue weighted by Crippen LogP contribution is -2.42. The molecule has 10 heavy (non-hydrogen) atoms.